The summed E-state index contributed by atoms with van der Waals surface area (Å²) in [7, 11) is 1.62. The second-order valence-corrected chi connectivity index (χ2v) is 8.82. The first kappa shape index (κ1) is 20.7. The second-order valence-electron chi connectivity index (χ2n) is 7.83. The van der Waals surface area contributed by atoms with E-state index in [1.165, 1.54) is 24.6 Å². The van der Waals surface area contributed by atoms with E-state index in [1.807, 2.05) is 54.6 Å². The largest absolute Gasteiger partial charge is 0.497 e. The Labute approximate surface area is 182 Å². The fourth-order valence-corrected chi connectivity index (χ4v) is 5.32. The molecule has 0 N–H and O–H groups in total. The summed E-state index contributed by atoms with van der Waals surface area (Å²) in [5, 5.41) is 0. The Balaban J connectivity index is 1.67. The Hall–Kier alpha value is -2.53. The molecular formula is C25H27NO3S. The molecule has 0 aromatic heterocycles. The molecule has 1 aliphatic carbocycles. The number of carbonyl (C=O) groups excluding carboxylic acids is 2. The molecule has 2 amide bonds. The van der Waals surface area contributed by atoms with Gasteiger partial charge in [-0.25, -0.2) is 0 Å². The SMILES string of the molecule is COc1ccc(C2=C(SCc3ccccc3)C(=O)N(C3CCCCCC3)C2=O)cc1. The van der Waals surface area contributed by atoms with Crippen molar-refractivity contribution in [2.45, 2.75) is 50.3 Å². The van der Waals surface area contributed by atoms with Crippen molar-refractivity contribution >= 4 is 29.1 Å². The van der Waals surface area contributed by atoms with Crippen molar-refractivity contribution in [1.82, 2.24) is 4.90 Å². The van der Waals surface area contributed by atoms with Crippen LogP contribution in [0.4, 0.5) is 0 Å². The van der Waals surface area contributed by atoms with Crippen molar-refractivity contribution in [2.24, 2.45) is 0 Å². The number of hydrogen-bond donors (Lipinski definition) is 0. The number of imide groups is 1. The normalized spacial score (nSPS) is 18.1. The summed E-state index contributed by atoms with van der Waals surface area (Å²) in [6.45, 7) is 0. The standard InChI is InChI=1S/C25H27NO3S/c1-29-21-15-13-19(14-16-21)22-23(30-17-18-9-5-4-6-10-18)25(28)26(24(22)27)20-11-7-2-3-8-12-20/h4-6,9-10,13-16,20H,2-3,7-8,11-12,17H2,1H3. The number of rotatable bonds is 6. The molecule has 0 spiro atoms. The lowest BCUT2D eigenvalue weighted by Crippen LogP contribution is -2.40. The molecule has 156 valence electrons. The first-order chi connectivity index (χ1) is 14.7. The highest BCUT2D eigenvalue weighted by Crippen LogP contribution is 2.40. The number of benzene rings is 2. The number of carbonyl (C=O) groups is 2. The van der Waals surface area contributed by atoms with E-state index in [9.17, 15) is 9.59 Å². The maximum Gasteiger partial charge on any atom is 0.268 e. The van der Waals surface area contributed by atoms with Crippen LogP contribution < -0.4 is 4.74 Å². The molecule has 2 aromatic carbocycles. The summed E-state index contributed by atoms with van der Waals surface area (Å²) in [5.74, 6) is 1.12. The zero-order chi connectivity index (χ0) is 20.9. The molecular weight excluding hydrogens is 394 g/mol. The highest BCUT2D eigenvalue weighted by atomic mass is 32.2. The van der Waals surface area contributed by atoms with Gasteiger partial charge in [0.2, 0.25) is 0 Å². The predicted molar refractivity (Wildman–Crippen MR) is 121 cm³/mol. The average molecular weight is 422 g/mol. The van der Waals surface area contributed by atoms with Gasteiger partial charge >= 0.3 is 0 Å². The number of nitrogens with zero attached hydrogens (tertiary/aromatic N) is 1. The number of hydrogen-bond acceptors (Lipinski definition) is 4. The van der Waals surface area contributed by atoms with E-state index in [4.69, 9.17) is 4.74 Å². The van der Waals surface area contributed by atoms with Gasteiger partial charge in [-0.05, 0) is 36.1 Å². The van der Waals surface area contributed by atoms with E-state index < -0.39 is 0 Å². The molecule has 1 saturated carbocycles. The number of amides is 2. The van der Waals surface area contributed by atoms with E-state index in [1.54, 1.807) is 12.0 Å². The highest BCUT2D eigenvalue weighted by molar-refractivity contribution is 8.03. The van der Waals surface area contributed by atoms with Gasteiger partial charge in [-0.15, -0.1) is 11.8 Å². The van der Waals surface area contributed by atoms with Crippen molar-refractivity contribution < 1.29 is 14.3 Å². The van der Waals surface area contributed by atoms with Gasteiger partial charge < -0.3 is 4.74 Å². The summed E-state index contributed by atoms with van der Waals surface area (Å²) < 4.78 is 5.26. The van der Waals surface area contributed by atoms with Crippen molar-refractivity contribution in [1.29, 1.82) is 0 Å². The van der Waals surface area contributed by atoms with Gasteiger partial charge in [-0.2, -0.15) is 0 Å². The zero-order valence-corrected chi connectivity index (χ0v) is 18.1. The molecule has 4 rings (SSSR count). The van der Waals surface area contributed by atoms with Gasteiger partial charge in [0.05, 0.1) is 17.6 Å². The van der Waals surface area contributed by atoms with E-state index in [2.05, 4.69) is 0 Å². The highest BCUT2D eigenvalue weighted by Gasteiger charge is 2.42. The van der Waals surface area contributed by atoms with Crippen LogP contribution in [0.15, 0.2) is 59.5 Å². The van der Waals surface area contributed by atoms with Gasteiger partial charge in [-0.3, -0.25) is 14.5 Å². The lowest BCUT2D eigenvalue weighted by molar-refractivity contribution is -0.139. The number of methoxy groups -OCH3 is 1. The van der Waals surface area contributed by atoms with Crippen LogP contribution >= 0.6 is 11.8 Å². The Morgan fingerprint density at radius 3 is 2.20 bits per heavy atom. The monoisotopic (exact) mass is 421 g/mol. The lowest BCUT2D eigenvalue weighted by atomic mass is 10.0. The van der Waals surface area contributed by atoms with Crippen molar-refractivity contribution in [3.63, 3.8) is 0 Å². The van der Waals surface area contributed by atoms with E-state index in [-0.39, 0.29) is 17.9 Å². The second kappa shape index (κ2) is 9.52. The first-order valence-corrected chi connectivity index (χ1v) is 11.6. The molecule has 1 fully saturated rings. The predicted octanol–water partition coefficient (Wildman–Crippen LogP) is 5.43. The fourth-order valence-electron chi connectivity index (χ4n) is 4.25. The number of thioether (sulfide) groups is 1. The van der Waals surface area contributed by atoms with Gasteiger partial charge in [0.25, 0.3) is 11.8 Å². The van der Waals surface area contributed by atoms with Crippen LogP contribution in [0.3, 0.4) is 0 Å². The molecule has 4 nitrogen and oxygen atoms in total. The minimum Gasteiger partial charge on any atom is -0.497 e. The molecule has 0 atom stereocenters. The van der Waals surface area contributed by atoms with Gasteiger partial charge in [0, 0.05) is 11.8 Å². The van der Waals surface area contributed by atoms with Crippen LogP contribution in [0.25, 0.3) is 5.57 Å². The summed E-state index contributed by atoms with van der Waals surface area (Å²) >= 11 is 1.47. The number of ether oxygens (including phenoxy) is 1. The molecule has 0 radical (unpaired) electrons. The van der Waals surface area contributed by atoms with Crippen LogP contribution in [0.1, 0.15) is 49.7 Å². The Kier molecular flexibility index (Phi) is 6.58. The maximum absolute atomic E-state index is 13.5. The van der Waals surface area contributed by atoms with Crippen molar-refractivity contribution in [3.05, 3.63) is 70.6 Å². The van der Waals surface area contributed by atoms with Crippen molar-refractivity contribution in [2.75, 3.05) is 7.11 Å². The molecule has 30 heavy (non-hydrogen) atoms. The Morgan fingerprint density at radius 1 is 0.900 bits per heavy atom. The van der Waals surface area contributed by atoms with E-state index in [0.29, 0.717) is 16.2 Å². The smallest absolute Gasteiger partial charge is 0.268 e. The van der Waals surface area contributed by atoms with Crippen LogP contribution in [-0.4, -0.2) is 29.9 Å². The molecule has 1 aliphatic heterocycles. The van der Waals surface area contributed by atoms with Gasteiger partial charge in [0.15, 0.2) is 0 Å². The third kappa shape index (κ3) is 4.31. The third-order valence-corrected chi connectivity index (χ3v) is 7.01. The Morgan fingerprint density at radius 2 is 1.57 bits per heavy atom. The topological polar surface area (TPSA) is 46.6 Å². The quantitative estimate of drug-likeness (QED) is 0.461. The minimum atomic E-state index is -0.146. The average Bonchev–Trinajstić information content (AvgIpc) is 2.95. The third-order valence-electron chi connectivity index (χ3n) is 5.87. The molecule has 5 heteroatoms. The van der Waals surface area contributed by atoms with Crippen molar-refractivity contribution in [3.8, 4) is 5.75 Å². The zero-order valence-electron chi connectivity index (χ0n) is 17.3. The molecule has 0 saturated heterocycles. The molecule has 0 unspecified atom stereocenters. The summed E-state index contributed by atoms with van der Waals surface area (Å²) in [6.07, 6.45) is 6.33. The minimum absolute atomic E-state index is 0.00979. The molecule has 1 heterocycles. The van der Waals surface area contributed by atoms with Gasteiger partial charge in [0.1, 0.15) is 5.75 Å². The summed E-state index contributed by atoms with van der Waals surface area (Å²) in [5.41, 5.74) is 2.45. The first-order valence-electron chi connectivity index (χ1n) is 10.6. The molecule has 2 aromatic rings. The van der Waals surface area contributed by atoms with Gasteiger partial charge in [-0.1, -0.05) is 68.1 Å². The Bertz CT molecular complexity index is 929. The van der Waals surface area contributed by atoms with E-state index >= 15 is 0 Å². The molecule has 0 bridgehead atoms. The van der Waals surface area contributed by atoms with Crippen LogP contribution in [0, 0.1) is 0 Å². The van der Waals surface area contributed by atoms with Crippen LogP contribution in [0.5, 0.6) is 5.75 Å². The van der Waals surface area contributed by atoms with E-state index in [0.717, 1.165) is 42.6 Å². The summed E-state index contributed by atoms with van der Waals surface area (Å²) in [4.78, 5) is 29.1. The van der Waals surface area contributed by atoms with Crippen LogP contribution in [-0.2, 0) is 15.3 Å². The fraction of sp³-hybridized carbons (Fsp3) is 0.360. The maximum atomic E-state index is 13.5. The van der Waals surface area contributed by atoms with Crippen LogP contribution in [0.2, 0.25) is 0 Å². The molecule has 2 aliphatic rings. The lowest BCUT2D eigenvalue weighted by Gasteiger charge is -2.25. The summed E-state index contributed by atoms with van der Waals surface area (Å²) in [6, 6.07) is 17.5.